The summed E-state index contributed by atoms with van der Waals surface area (Å²) in [4.78, 5) is 13.8. The van der Waals surface area contributed by atoms with Gasteiger partial charge in [-0.1, -0.05) is 12.5 Å². The molecule has 1 aromatic rings. The number of carbonyl (C=O) groups is 1. The van der Waals surface area contributed by atoms with Crippen LogP contribution in [-0.4, -0.2) is 34.9 Å². The largest absolute Gasteiger partial charge is 0.321 e. The molecule has 1 N–H and O–H groups in total. The van der Waals surface area contributed by atoms with Crippen LogP contribution in [0.3, 0.4) is 0 Å². The average Bonchev–Trinajstić information content (AvgIpc) is 2.85. The zero-order chi connectivity index (χ0) is 14.8. The quantitative estimate of drug-likeness (QED) is 0.931. The van der Waals surface area contributed by atoms with Crippen LogP contribution in [0.4, 0.5) is 8.78 Å². The number of rotatable bonds is 3. The summed E-state index contributed by atoms with van der Waals surface area (Å²) in [5.41, 5.74) is 0.598. The van der Waals surface area contributed by atoms with Crippen molar-refractivity contribution in [1.29, 1.82) is 0 Å². The first-order valence-corrected chi connectivity index (χ1v) is 8.29. The zero-order valence-corrected chi connectivity index (χ0v) is 12.5. The van der Waals surface area contributed by atoms with Crippen molar-refractivity contribution in [2.45, 2.75) is 30.7 Å². The van der Waals surface area contributed by atoms with Gasteiger partial charge in [0.05, 0.1) is 6.54 Å². The monoisotopic (exact) mass is 312 g/mol. The Kier molecular flexibility index (Phi) is 4.45. The summed E-state index contributed by atoms with van der Waals surface area (Å²) in [5.74, 6) is -0.579. The van der Waals surface area contributed by atoms with Gasteiger partial charge in [0, 0.05) is 11.8 Å². The van der Waals surface area contributed by atoms with Gasteiger partial charge in [0.15, 0.2) is 11.6 Å². The number of carbonyl (C=O) groups excluding carboxylic acids is 1. The Morgan fingerprint density at radius 2 is 2.14 bits per heavy atom. The number of benzene rings is 1. The molecule has 2 atom stereocenters. The fourth-order valence-electron chi connectivity index (χ4n) is 2.90. The maximum atomic E-state index is 13.4. The van der Waals surface area contributed by atoms with E-state index < -0.39 is 11.6 Å². The topological polar surface area (TPSA) is 32.3 Å². The molecule has 6 heteroatoms. The minimum Gasteiger partial charge on any atom is -0.321 e. The molecule has 3 rings (SSSR count). The lowest BCUT2D eigenvalue weighted by Gasteiger charge is -2.30. The predicted molar refractivity (Wildman–Crippen MR) is 78.9 cm³/mol. The van der Waals surface area contributed by atoms with Gasteiger partial charge in [-0.05, 0) is 36.3 Å². The van der Waals surface area contributed by atoms with E-state index in [-0.39, 0.29) is 18.6 Å². The van der Waals surface area contributed by atoms with Gasteiger partial charge in [-0.2, -0.15) is 11.8 Å². The summed E-state index contributed by atoms with van der Waals surface area (Å²) in [6.45, 7) is 0.918. The molecule has 2 heterocycles. The van der Waals surface area contributed by atoms with Crippen molar-refractivity contribution in [3.05, 3.63) is 35.4 Å². The second kappa shape index (κ2) is 6.32. The highest BCUT2D eigenvalue weighted by Gasteiger charge is 2.34. The Balaban J connectivity index is 1.76. The lowest BCUT2D eigenvalue weighted by molar-refractivity contribution is -0.128. The Bertz CT molecular complexity index is 534. The van der Waals surface area contributed by atoms with Crippen LogP contribution in [0.15, 0.2) is 18.2 Å². The zero-order valence-electron chi connectivity index (χ0n) is 11.6. The first kappa shape index (κ1) is 14.8. The number of hydrogen-bond acceptors (Lipinski definition) is 3. The van der Waals surface area contributed by atoms with E-state index in [9.17, 15) is 13.6 Å². The summed E-state index contributed by atoms with van der Waals surface area (Å²) >= 11 is 1.90. The first-order valence-electron chi connectivity index (χ1n) is 7.24. The fourth-order valence-corrected chi connectivity index (χ4v) is 4.20. The lowest BCUT2D eigenvalue weighted by Crippen LogP contribution is -2.36. The molecular weight excluding hydrogens is 294 g/mol. The number of amides is 1. The van der Waals surface area contributed by atoms with Crippen LogP contribution < -0.4 is 5.32 Å². The van der Waals surface area contributed by atoms with Crippen molar-refractivity contribution in [3.63, 3.8) is 0 Å². The highest BCUT2D eigenvalue weighted by Crippen LogP contribution is 2.30. The fraction of sp³-hybridized carbons (Fsp3) is 0.533. The van der Waals surface area contributed by atoms with Crippen molar-refractivity contribution in [1.82, 2.24) is 10.2 Å². The van der Waals surface area contributed by atoms with E-state index in [1.165, 1.54) is 25.0 Å². The molecule has 2 saturated heterocycles. The van der Waals surface area contributed by atoms with Gasteiger partial charge >= 0.3 is 0 Å². The molecule has 0 radical (unpaired) electrons. The van der Waals surface area contributed by atoms with Gasteiger partial charge in [0.2, 0.25) is 5.91 Å². The van der Waals surface area contributed by atoms with Gasteiger partial charge in [-0.3, -0.25) is 10.1 Å². The van der Waals surface area contributed by atoms with Crippen LogP contribution in [0.1, 0.15) is 31.0 Å². The molecule has 3 nitrogen and oxygen atoms in total. The minimum absolute atomic E-state index is 0.0240. The van der Waals surface area contributed by atoms with E-state index in [2.05, 4.69) is 5.32 Å². The van der Waals surface area contributed by atoms with Crippen LogP contribution in [0.5, 0.6) is 0 Å². The third-order valence-electron chi connectivity index (χ3n) is 4.01. The van der Waals surface area contributed by atoms with Crippen molar-refractivity contribution in [2.24, 2.45) is 0 Å². The van der Waals surface area contributed by atoms with Crippen LogP contribution >= 0.6 is 11.8 Å². The van der Waals surface area contributed by atoms with E-state index in [1.807, 2.05) is 11.8 Å². The van der Waals surface area contributed by atoms with E-state index >= 15 is 0 Å². The molecule has 2 fully saturated rings. The van der Waals surface area contributed by atoms with Crippen LogP contribution in [-0.2, 0) is 4.79 Å². The Morgan fingerprint density at radius 3 is 2.86 bits per heavy atom. The Morgan fingerprint density at radius 1 is 1.29 bits per heavy atom. The van der Waals surface area contributed by atoms with Crippen molar-refractivity contribution < 1.29 is 13.6 Å². The Labute approximate surface area is 127 Å². The standard InChI is InChI=1S/C15H18F2N2OS/c16-12-5-4-10(7-13(12)17)15-18-8-14(20)19(15)9-11-3-1-2-6-21-11/h4-5,7,11,15,18H,1-3,6,8-9H2. The molecule has 1 aromatic carbocycles. The molecule has 0 bridgehead atoms. The summed E-state index contributed by atoms with van der Waals surface area (Å²) in [7, 11) is 0. The number of halogens is 2. The second-order valence-corrected chi connectivity index (χ2v) is 6.90. The number of thioether (sulfide) groups is 1. The molecule has 0 spiro atoms. The van der Waals surface area contributed by atoms with Gasteiger partial charge < -0.3 is 4.90 Å². The van der Waals surface area contributed by atoms with Crippen molar-refractivity contribution in [3.8, 4) is 0 Å². The summed E-state index contributed by atoms with van der Waals surface area (Å²) in [6, 6.07) is 3.82. The smallest absolute Gasteiger partial charge is 0.238 e. The average molecular weight is 312 g/mol. The van der Waals surface area contributed by atoms with Crippen LogP contribution in [0, 0.1) is 11.6 Å². The highest BCUT2D eigenvalue weighted by atomic mass is 32.2. The summed E-state index contributed by atoms with van der Waals surface area (Å²) in [5, 5.41) is 3.53. The molecule has 21 heavy (non-hydrogen) atoms. The summed E-state index contributed by atoms with van der Waals surface area (Å²) < 4.78 is 26.5. The van der Waals surface area contributed by atoms with Gasteiger partial charge in [0.1, 0.15) is 6.17 Å². The summed E-state index contributed by atoms with van der Waals surface area (Å²) in [6.07, 6.45) is 3.19. The number of hydrogen-bond donors (Lipinski definition) is 1. The second-order valence-electron chi connectivity index (χ2n) is 5.49. The molecular formula is C15H18F2N2OS. The molecule has 0 aromatic heterocycles. The normalized spacial score (nSPS) is 26.4. The molecule has 1 amide bonds. The predicted octanol–water partition coefficient (Wildman–Crippen LogP) is 2.68. The van der Waals surface area contributed by atoms with Crippen molar-refractivity contribution in [2.75, 3.05) is 18.8 Å². The Hall–Kier alpha value is -1.14. The van der Waals surface area contributed by atoms with Gasteiger partial charge in [-0.15, -0.1) is 0 Å². The third kappa shape index (κ3) is 3.21. The molecule has 2 aliphatic rings. The lowest BCUT2D eigenvalue weighted by atomic mass is 10.1. The molecule has 0 saturated carbocycles. The van der Waals surface area contributed by atoms with E-state index in [1.54, 1.807) is 4.90 Å². The highest BCUT2D eigenvalue weighted by molar-refractivity contribution is 7.99. The SMILES string of the molecule is O=C1CNC(c2ccc(F)c(F)c2)N1CC1CCCCS1. The molecule has 2 aliphatic heterocycles. The maximum absolute atomic E-state index is 13.4. The maximum Gasteiger partial charge on any atom is 0.238 e. The number of nitrogens with one attached hydrogen (secondary N) is 1. The van der Waals surface area contributed by atoms with E-state index in [4.69, 9.17) is 0 Å². The number of nitrogens with zero attached hydrogens (tertiary/aromatic N) is 1. The van der Waals surface area contributed by atoms with Gasteiger partial charge in [-0.25, -0.2) is 8.78 Å². The van der Waals surface area contributed by atoms with Crippen molar-refractivity contribution >= 4 is 17.7 Å². The van der Waals surface area contributed by atoms with Crippen LogP contribution in [0.2, 0.25) is 0 Å². The first-order chi connectivity index (χ1) is 10.1. The molecule has 0 aliphatic carbocycles. The van der Waals surface area contributed by atoms with Crippen LogP contribution in [0.25, 0.3) is 0 Å². The minimum atomic E-state index is -0.874. The van der Waals surface area contributed by atoms with Gasteiger partial charge in [0.25, 0.3) is 0 Å². The molecule has 114 valence electrons. The molecule has 2 unspecified atom stereocenters. The van der Waals surface area contributed by atoms with E-state index in [0.29, 0.717) is 17.4 Å². The third-order valence-corrected chi connectivity index (χ3v) is 5.39. The van der Waals surface area contributed by atoms with E-state index in [0.717, 1.165) is 18.2 Å².